The molecule has 0 amide bonds. The van der Waals surface area contributed by atoms with Gasteiger partial charge in [0.2, 0.25) is 0 Å². The molecular formula is HClNiO4. The summed E-state index contributed by atoms with van der Waals surface area (Å²) >= 11 is 0. The summed E-state index contributed by atoms with van der Waals surface area (Å²) < 4.78 is 32.7. The van der Waals surface area contributed by atoms with Crippen LogP contribution in [0.1, 0.15) is 0 Å². The third kappa shape index (κ3) is 156. The minimum Gasteiger partial charge on any atom is -0.183 e. The summed E-state index contributed by atoms with van der Waals surface area (Å²) in [4.78, 5) is 0. The maximum Gasteiger partial charge on any atom is 0.0777 e. The van der Waals surface area contributed by atoms with Gasteiger partial charge in [0.1, 0.15) is 0 Å². The van der Waals surface area contributed by atoms with E-state index in [4.69, 9.17) is 18.6 Å². The predicted octanol–water partition coefficient (Wildman–Crippen LogP) is -4.13. The Bertz CT molecular complexity index is 23.0. The molecule has 0 rings (SSSR count). The summed E-state index contributed by atoms with van der Waals surface area (Å²) in [6.45, 7) is 0. The van der Waals surface area contributed by atoms with Gasteiger partial charge < -0.3 is 0 Å². The first kappa shape index (κ1) is 9.80. The molecule has 0 saturated heterocycles. The summed E-state index contributed by atoms with van der Waals surface area (Å²) in [6, 6.07) is 0. The predicted molar refractivity (Wildman–Crippen MR) is 2.22 cm³/mol. The maximum absolute atomic E-state index is 8.60. The van der Waals surface area contributed by atoms with E-state index in [9.17, 15) is 0 Å². The first-order valence-corrected chi connectivity index (χ1v) is 1.90. The second-order valence-corrected chi connectivity index (χ2v) is 1.19. The van der Waals surface area contributed by atoms with Gasteiger partial charge in [-0.25, -0.2) is 0 Å². The van der Waals surface area contributed by atoms with Crippen LogP contribution < -0.4 is 14.0 Å². The molecular weight excluding hydrogens is 158 g/mol. The SMILES string of the molecule is [Ni].[O-][Cl+3]([O-])([O-])O. The van der Waals surface area contributed by atoms with Crippen LogP contribution in [0.4, 0.5) is 0 Å². The minimum atomic E-state index is -4.69. The summed E-state index contributed by atoms with van der Waals surface area (Å²) in [5.74, 6) is 0. The van der Waals surface area contributed by atoms with Gasteiger partial charge in [0.15, 0.2) is 0 Å². The second-order valence-electron chi connectivity index (χ2n) is 0.396. The molecule has 0 spiro atoms. The third-order valence-electron chi connectivity index (χ3n) is 0. The van der Waals surface area contributed by atoms with E-state index in [2.05, 4.69) is 0 Å². The molecule has 0 aromatic heterocycles. The summed E-state index contributed by atoms with van der Waals surface area (Å²) in [5.41, 5.74) is 0. The maximum atomic E-state index is 8.60. The monoisotopic (exact) mass is 158 g/mol. The van der Waals surface area contributed by atoms with E-state index in [0.29, 0.717) is 0 Å². The first-order chi connectivity index (χ1) is 2.00. The number of rotatable bonds is 0. The van der Waals surface area contributed by atoms with Crippen molar-refractivity contribution < 1.29 is 45.4 Å². The molecule has 4 nitrogen and oxygen atoms in total. The zero-order valence-electron chi connectivity index (χ0n) is 2.37. The van der Waals surface area contributed by atoms with Crippen LogP contribution in [0.3, 0.4) is 0 Å². The molecule has 1 N–H and O–H groups in total. The normalized spacial score (nSPS) is 10.0. The molecule has 0 aromatic carbocycles. The van der Waals surface area contributed by atoms with Gasteiger partial charge in [-0.15, -0.1) is 0 Å². The number of hydrogen-bond donors (Lipinski definition) is 1. The second kappa shape index (κ2) is 2.74. The van der Waals surface area contributed by atoms with Crippen molar-refractivity contribution in [1.29, 1.82) is 0 Å². The molecule has 42 valence electrons. The quantitative estimate of drug-likeness (QED) is 0.363. The Morgan fingerprint density at radius 2 is 1.17 bits per heavy atom. The average molecular weight is 159 g/mol. The smallest absolute Gasteiger partial charge is 0.0777 e. The van der Waals surface area contributed by atoms with Crippen LogP contribution in [0.25, 0.3) is 0 Å². The molecule has 0 atom stereocenters. The van der Waals surface area contributed by atoms with Gasteiger partial charge in [0, 0.05) is 16.5 Å². The van der Waals surface area contributed by atoms with Crippen molar-refractivity contribution in [3.8, 4) is 0 Å². The van der Waals surface area contributed by atoms with Gasteiger partial charge in [0.25, 0.3) is 0 Å². The van der Waals surface area contributed by atoms with Crippen LogP contribution in [0.5, 0.6) is 0 Å². The van der Waals surface area contributed by atoms with Crippen molar-refractivity contribution in [2.45, 2.75) is 0 Å². The number of hydrogen-bond acceptors (Lipinski definition) is 4. The van der Waals surface area contributed by atoms with Crippen molar-refractivity contribution in [3.05, 3.63) is 0 Å². The molecule has 0 bridgehead atoms. The molecule has 0 aliphatic rings. The van der Waals surface area contributed by atoms with E-state index < -0.39 is 10.2 Å². The molecule has 0 heterocycles. The van der Waals surface area contributed by atoms with Crippen molar-refractivity contribution in [3.63, 3.8) is 0 Å². The van der Waals surface area contributed by atoms with Gasteiger partial charge in [-0.05, 0) is 0 Å². The molecule has 0 fully saturated rings. The van der Waals surface area contributed by atoms with Crippen molar-refractivity contribution in [1.82, 2.24) is 0 Å². The van der Waals surface area contributed by atoms with Crippen LogP contribution in [0.15, 0.2) is 0 Å². The Kier molecular flexibility index (Phi) is 4.47. The van der Waals surface area contributed by atoms with E-state index in [1.165, 1.54) is 0 Å². The van der Waals surface area contributed by atoms with E-state index in [1.807, 2.05) is 0 Å². The fourth-order valence-corrected chi connectivity index (χ4v) is 0. The molecule has 0 aliphatic carbocycles. The standard InChI is InChI=1S/ClHO4.Ni/c2-1(3,4)5;/h(H,2,3,4,5);. The molecule has 0 saturated carbocycles. The van der Waals surface area contributed by atoms with Gasteiger partial charge >= 0.3 is 0 Å². The summed E-state index contributed by atoms with van der Waals surface area (Å²) in [6.07, 6.45) is 0. The topological polar surface area (TPSA) is 89.4 Å². The molecule has 0 aliphatic heterocycles. The fourth-order valence-electron chi connectivity index (χ4n) is 0. The van der Waals surface area contributed by atoms with E-state index in [0.717, 1.165) is 0 Å². The first-order valence-electron chi connectivity index (χ1n) is 0.632. The van der Waals surface area contributed by atoms with E-state index in [-0.39, 0.29) is 16.5 Å². The summed E-state index contributed by atoms with van der Waals surface area (Å²) in [5, 5.41) is 0. The largest absolute Gasteiger partial charge is 0.183 e. The molecule has 6 heteroatoms. The zero-order chi connectivity index (χ0) is 4.50. The van der Waals surface area contributed by atoms with Crippen molar-refractivity contribution in [2.75, 3.05) is 0 Å². The van der Waals surface area contributed by atoms with Crippen LogP contribution in [-0.2, 0) is 16.5 Å². The fraction of sp³-hybridized carbons (Fsp3) is 0. The summed E-state index contributed by atoms with van der Waals surface area (Å²) in [7, 11) is -4.69. The Morgan fingerprint density at radius 3 is 1.17 bits per heavy atom. The van der Waals surface area contributed by atoms with Crippen LogP contribution in [0.2, 0.25) is 0 Å². The van der Waals surface area contributed by atoms with Crippen molar-refractivity contribution >= 4 is 0 Å². The van der Waals surface area contributed by atoms with Gasteiger partial charge in [0.05, 0.1) is 14.9 Å². The molecule has 0 aromatic rings. The van der Waals surface area contributed by atoms with E-state index in [1.54, 1.807) is 0 Å². The molecule has 0 radical (unpaired) electrons. The van der Waals surface area contributed by atoms with Gasteiger partial charge in [-0.1, -0.05) is 0 Å². The van der Waals surface area contributed by atoms with Crippen LogP contribution >= 0.6 is 0 Å². The Hall–Kier alpha value is 0.624. The van der Waals surface area contributed by atoms with E-state index >= 15 is 0 Å². The Balaban J connectivity index is 0. The van der Waals surface area contributed by atoms with Crippen LogP contribution in [-0.4, -0.2) is 4.66 Å². The van der Waals surface area contributed by atoms with Gasteiger partial charge in [-0.3, -0.25) is 0 Å². The average Bonchev–Trinajstić information content (AvgIpc) is 0.722. The molecule has 6 heavy (non-hydrogen) atoms. The third-order valence-corrected chi connectivity index (χ3v) is 0. The minimum absolute atomic E-state index is 0. The Morgan fingerprint density at radius 1 is 1.17 bits per heavy atom. The van der Waals surface area contributed by atoms with Crippen LogP contribution in [0, 0.1) is 10.2 Å². The molecule has 0 unspecified atom stereocenters. The van der Waals surface area contributed by atoms with Gasteiger partial charge in [-0.2, -0.15) is 14.0 Å². The van der Waals surface area contributed by atoms with Crippen molar-refractivity contribution in [2.24, 2.45) is 0 Å². The Labute approximate surface area is 46.1 Å². The zero-order valence-corrected chi connectivity index (χ0v) is 4.11. The number of halogens is 1.